The van der Waals surface area contributed by atoms with Crippen molar-refractivity contribution in [1.82, 2.24) is 10.2 Å². The maximum Gasteiger partial charge on any atom is 0.322 e. The van der Waals surface area contributed by atoms with Gasteiger partial charge in [-0.15, -0.1) is 5.92 Å². The van der Waals surface area contributed by atoms with E-state index >= 15 is 0 Å². The van der Waals surface area contributed by atoms with Gasteiger partial charge in [-0.1, -0.05) is 12.3 Å². The van der Waals surface area contributed by atoms with Gasteiger partial charge in [0.15, 0.2) is 0 Å². The normalized spacial score (nSPS) is 15.6. The minimum atomic E-state index is -0.900. The first-order chi connectivity index (χ1) is 12.1. The van der Waals surface area contributed by atoms with Crippen LogP contribution in [-0.2, 0) is 4.79 Å². The molecule has 1 amide bonds. The Balaban J connectivity index is 1.88. The first-order valence-corrected chi connectivity index (χ1v) is 8.49. The van der Waals surface area contributed by atoms with Crippen LogP contribution in [0.5, 0.6) is 5.75 Å². The summed E-state index contributed by atoms with van der Waals surface area (Å²) in [4.78, 5) is 25.7. The summed E-state index contributed by atoms with van der Waals surface area (Å²) in [6.07, 6.45) is 3.14. The molecule has 1 aliphatic rings. The van der Waals surface area contributed by atoms with Gasteiger partial charge in [0.1, 0.15) is 18.4 Å². The molecule has 6 nitrogen and oxygen atoms in total. The van der Waals surface area contributed by atoms with Crippen LogP contribution in [-0.4, -0.2) is 54.2 Å². The van der Waals surface area contributed by atoms with Gasteiger partial charge in [-0.2, -0.15) is 0 Å². The summed E-state index contributed by atoms with van der Waals surface area (Å²) in [6, 6.07) is 6.03. The number of carboxylic acids is 1. The molecule has 1 aromatic rings. The van der Waals surface area contributed by atoms with Gasteiger partial charge in [0.25, 0.3) is 5.91 Å². The number of carbonyl (C=O) groups is 2. The maximum atomic E-state index is 12.2. The number of carboxylic acid groups (broad SMARTS) is 1. The second-order valence-electron chi connectivity index (χ2n) is 5.90. The lowest BCUT2D eigenvalue weighted by Crippen LogP contribution is -2.50. The lowest BCUT2D eigenvalue weighted by atomic mass is 10.1. The predicted molar refractivity (Wildman–Crippen MR) is 94.6 cm³/mol. The summed E-state index contributed by atoms with van der Waals surface area (Å²) in [5, 5.41) is 12.2. The highest BCUT2D eigenvalue weighted by molar-refractivity contribution is 5.94. The van der Waals surface area contributed by atoms with Crippen molar-refractivity contribution in [3.8, 4) is 17.6 Å². The number of piperidine rings is 1. The van der Waals surface area contributed by atoms with E-state index in [-0.39, 0.29) is 12.5 Å². The van der Waals surface area contributed by atoms with Crippen molar-refractivity contribution in [2.75, 3.05) is 26.2 Å². The van der Waals surface area contributed by atoms with Crippen molar-refractivity contribution in [2.45, 2.75) is 32.2 Å². The summed E-state index contributed by atoms with van der Waals surface area (Å²) in [7, 11) is 0. The maximum absolute atomic E-state index is 12.2. The van der Waals surface area contributed by atoms with Crippen LogP contribution < -0.4 is 10.1 Å². The molecule has 134 valence electrons. The second-order valence-corrected chi connectivity index (χ2v) is 5.90. The lowest BCUT2D eigenvalue weighted by Gasteiger charge is -2.31. The zero-order valence-electron chi connectivity index (χ0n) is 14.5. The summed E-state index contributed by atoms with van der Waals surface area (Å²) >= 11 is 0. The lowest BCUT2D eigenvalue weighted by molar-refractivity contribution is -0.143. The molecule has 0 aromatic heterocycles. The smallest absolute Gasteiger partial charge is 0.322 e. The van der Waals surface area contributed by atoms with Crippen molar-refractivity contribution in [2.24, 2.45) is 0 Å². The standard InChI is InChI=1S/C19H24N2O4/c1-2-3-13-25-16-9-7-15(8-10-16)18(22)20-14-17(19(23)24)21-11-5-4-6-12-21/h7-10,17H,4-6,11-14H2,1H3,(H,20,22)(H,23,24). The van der Waals surface area contributed by atoms with Crippen LogP contribution >= 0.6 is 0 Å². The number of nitrogens with one attached hydrogen (secondary N) is 1. The average molecular weight is 344 g/mol. The number of rotatable bonds is 7. The fraction of sp³-hybridized carbons (Fsp3) is 0.474. The van der Waals surface area contributed by atoms with Crippen LogP contribution in [0, 0.1) is 11.8 Å². The number of benzene rings is 1. The van der Waals surface area contributed by atoms with E-state index in [1.165, 1.54) is 0 Å². The van der Waals surface area contributed by atoms with Gasteiger partial charge >= 0.3 is 5.97 Å². The molecule has 0 saturated carbocycles. The van der Waals surface area contributed by atoms with E-state index in [1.54, 1.807) is 31.2 Å². The largest absolute Gasteiger partial charge is 0.481 e. The molecule has 2 rings (SSSR count). The Hall–Kier alpha value is -2.52. The van der Waals surface area contributed by atoms with E-state index < -0.39 is 12.0 Å². The number of aliphatic carboxylic acids is 1. The topological polar surface area (TPSA) is 78.9 Å². The van der Waals surface area contributed by atoms with Crippen LogP contribution in [0.2, 0.25) is 0 Å². The van der Waals surface area contributed by atoms with Crippen molar-refractivity contribution in [1.29, 1.82) is 0 Å². The molecule has 1 fully saturated rings. The molecule has 25 heavy (non-hydrogen) atoms. The van der Waals surface area contributed by atoms with E-state index in [4.69, 9.17) is 4.74 Å². The number of amides is 1. The van der Waals surface area contributed by atoms with E-state index in [0.29, 0.717) is 17.9 Å². The zero-order valence-corrected chi connectivity index (χ0v) is 14.5. The highest BCUT2D eigenvalue weighted by Gasteiger charge is 2.27. The minimum Gasteiger partial charge on any atom is -0.481 e. The van der Waals surface area contributed by atoms with Crippen LogP contribution in [0.25, 0.3) is 0 Å². The van der Waals surface area contributed by atoms with E-state index in [2.05, 4.69) is 17.2 Å². The van der Waals surface area contributed by atoms with Gasteiger partial charge in [0, 0.05) is 12.1 Å². The molecule has 0 aliphatic carbocycles. The van der Waals surface area contributed by atoms with Crippen molar-refractivity contribution in [3.05, 3.63) is 29.8 Å². The predicted octanol–water partition coefficient (Wildman–Crippen LogP) is 1.76. The molecule has 1 atom stereocenters. The summed E-state index contributed by atoms with van der Waals surface area (Å²) in [5.41, 5.74) is 0.469. The fourth-order valence-corrected chi connectivity index (χ4v) is 2.79. The van der Waals surface area contributed by atoms with Crippen LogP contribution in [0.15, 0.2) is 24.3 Å². The minimum absolute atomic E-state index is 0.0957. The van der Waals surface area contributed by atoms with Gasteiger partial charge in [-0.05, 0) is 57.1 Å². The molecule has 0 spiro atoms. The first kappa shape index (κ1) is 18.8. The fourth-order valence-electron chi connectivity index (χ4n) is 2.79. The van der Waals surface area contributed by atoms with E-state index in [0.717, 1.165) is 32.4 Å². The third kappa shape index (κ3) is 5.80. The van der Waals surface area contributed by atoms with Gasteiger partial charge in [-0.25, -0.2) is 0 Å². The Kier molecular flexibility index (Phi) is 7.30. The van der Waals surface area contributed by atoms with Crippen molar-refractivity contribution >= 4 is 11.9 Å². The Morgan fingerprint density at radius 1 is 1.24 bits per heavy atom. The third-order valence-corrected chi connectivity index (χ3v) is 4.18. The summed E-state index contributed by atoms with van der Waals surface area (Å²) < 4.78 is 5.40. The summed E-state index contributed by atoms with van der Waals surface area (Å²) in [5.74, 6) is 4.98. The van der Waals surface area contributed by atoms with Crippen LogP contribution in [0.1, 0.15) is 36.5 Å². The molecule has 1 aromatic carbocycles. The molecule has 1 saturated heterocycles. The SMILES string of the molecule is CC#CCOc1ccc(C(=O)NCC(C(=O)O)N2CCCCC2)cc1. The highest BCUT2D eigenvalue weighted by atomic mass is 16.5. The molecule has 1 aliphatic heterocycles. The second kappa shape index (κ2) is 9.70. The number of nitrogens with zero attached hydrogens (tertiary/aromatic N) is 1. The number of ether oxygens (including phenoxy) is 1. The summed E-state index contributed by atoms with van der Waals surface area (Å²) in [6.45, 7) is 3.67. The van der Waals surface area contributed by atoms with E-state index in [9.17, 15) is 14.7 Å². The zero-order chi connectivity index (χ0) is 18.1. The molecular weight excluding hydrogens is 320 g/mol. The van der Waals surface area contributed by atoms with Gasteiger partial charge in [0.05, 0.1) is 0 Å². The Labute approximate surface area is 148 Å². The van der Waals surface area contributed by atoms with Crippen molar-refractivity contribution in [3.63, 3.8) is 0 Å². The molecule has 1 heterocycles. The van der Waals surface area contributed by atoms with E-state index in [1.807, 2.05) is 4.90 Å². The number of hydrogen-bond acceptors (Lipinski definition) is 4. The monoisotopic (exact) mass is 344 g/mol. The molecule has 0 bridgehead atoms. The molecular formula is C19H24N2O4. The number of likely N-dealkylation sites (tertiary alicyclic amines) is 1. The van der Waals surface area contributed by atoms with Gasteiger partial charge < -0.3 is 15.2 Å². The molecule has 2 N–H and O–H groups in total. The van der Waals surface area contributed by atoms with Crippen LogP contribution in [0.3, 0.4) is 0 Å². The van der Waals surface area contributed by atoms with Gasteiger partial charge in [-0.3, -0.25) is 14.5 Å². The average Bonchev–Trinajstić information content (AvgIpc) is 2.63. The Morgan fingerprint density at radius 2 is 1.92 bits per heavy atom. The third-order valence-electron chi connectivity index (χ3n) is 4.18. The molecule has 1 unspecified atom stereocenters. The number of carbonyl (C=O) groups excluding carboxylic acids is 1. The first-order valence-electron chi connectivity index (χ1n) is 8.49. The Morgan fingerprint density at radius 3 is 2.52 bits per heavy atom. The number of hydrogen-bond donors (Lipinski definition) is 2. The van der Waals surface area contributed by atoms with Crippen molar-refractivity contribution < 1.29 is 19.4 Å². The Bertz CT molecular complexity index is 640. The molecule has 6 heteroatoms. The van der Waals surface area contributed by atoms with Crippen LogP contribution in [0.4, 0.5) is 0 Å². The highest BCUT2D eigenvalue weighted by Crippen LogP contribution is 2.14. The molecule has 0 radical (unpaired) electrons. The van der Waals surface area contributed by atoms with Gasteiger partial charge in [0.2, 0.25) is 0 Å². The quantitative estimate of drug-likeness (QED) is 0.737.